The van der Waals surface area contributed by atoms with Crippen LogP contribution in [0.4, 0.5) is 14.5 Å². The van der Waals surface area contributed by atoms with E-state index in [0.29, 0.717) is 44.6 Å². The van der Waals surface area contributed by atoms with Crippen LogP contribution in [0, 0.1) is 11.6 Å². The Hall–Kier alpha value is -6.40. The van der Waals surface area contributed by atoms with Gasteiger partial charge in [-0.05, 0) is 141 Å². The van der Waals surface area contributed by atoms with E-state index in [2.05, 4.69) is 90.6 Å². The summed E-state index contributed by atoms with van der Waals surface area (Å²) >= 11 is 15.9. The van der Waals surface area contributed by atoms with Crippen LogP contribution in [-0.2, 0) is 0 Å². The number of imidazole rings is 2. The molecule has 2 aliphatic rings. The molecule has 17 heteroatoms. The first-order chi connectivity index (χ1) is 38.3. The Labute approximate surface area is 478 Å². The summed E-state index contributed by atoms with van der Waals surface area (Å²) in [5.41, 5.74) is 15.1. The van der Waals surface area contributed by atoms with Gasteiger partial charge in [0.15, 0.2) is 0 Å². The molecule has 0 amide bonds. The Morgan fingerprint density at radius 3 is 1.54 bits per heavy atom. The Bertz CT molecular complexity index is 3720. The third kappa shape index (κ3) is 13.1. The summed E-state index contributed by atoms with van der Waals surface area (Å²) < 4.78 is 34.5. The van der Waals surface area contributed by atoms with Crippen LogP contribution in [0.1, 0.15) is 27.7 Å². The van der Waals surface area contributed by atoms with Crippen LogP contribution < -0.4 is 11.1 Å². The predicted molar refractivity (Wildman–Crippen MR) is 324 cm³/mol. The average Bonchev–Trinajstić information content (AvgIpc) is 4.22. The lowest BCUT2D eigenvalue weighted by atomic mass is 10.0. The number of aromatic nitrogens is 6. The fourth-order valence-corrected chi connectivity index (χ4v) is 11.1. The quantitative estimate of drug-likeness (QED) is 0.123. The van der Waals surface area contributed by atoms with Crippen molar-refractivity contribution in [1.29, 1.82) is 0 Å². The van der Waals surface area contributed by atoms with E-state index in [9.17, 15) is 8.78 Å². The van der Waals surface area contributed by atoms with E-state index >= 15 is 0 Å². The second-order valence-corrected chi connectivity index (χ2v) is 22.4. The number of pyridine rings is 4. The van der Waals surface area contributed by atoms with Crippen molar-refractivity contribution in [3.05, 3.63) is 172 Å². The van der Waals surface area contributed by atoms with Gasteiger partial charge in [-0.25, -0.2) is 18.7 Å². The Balaban J connectivity index is 0.000000153. The zero-order valence-corrected chi connectivity index (χ0v) is 48.0. The topological polar surface area (TPSA) is 111 Å². The number of hydrogen-bond acceptors (Lipinski definition) is 10. The van der Waals surface area contributed by atoms with Crippen LogP contribution >= 0.6 is 39.1 Å². The first-order valence-electron chi connectivity index (χ1n) is 27.0. The van der Waals surface area contributed by atoms with E-state index < -0.39 is 0 Å². The lowest BCUT2D eigenvalue weighted by Gasteiger charge is -2.36. The SMILES string of the molecule is CC(C)N1CCN(CCN)CC1.CC(C)N1CCN(CCNc2cnc3ccc(-c4c(-c5cc(Cl)ccc5F)nc5ccccn45)cc3c2)CC1.Fc1ccc(Cl)cc1-c1nc2ccccn2c1-c1ccc2ncc(Br)cc2c1. The molecule has 0 saturated carbocycles. The molecule has 4 aromatic carbocycles. The van der Waals surface area contributed by atoms with Gasteiger partial charge in [0, 0.05) is 157 Å². The third-order valence-electron chi connectivity index (χ3n) is 14.8. The number of halogens is 5. The fourth-order valence-electron chi connectivity index (χ4n) is 10.5. The summed E-state index contributed by atoms with van der Waals surface area (Å²) in [4.78, 5) is 28.6. The minimum absolute atomic E-state index is 0.358. The van der Waals surface area contributed by atoms with E-state index in [-0.39, 0.29) is 11.6 Å². The van der Waals surface area contributed by atoms with Crippen LogP contribution in [-0.4, -0.2) is 139 Å². The lowest BCUT2D eigenvalue weighted by Crippen LogP contribution is -2.49. The molecule has 3 N–H and O–H groups in total. The number of rotatable bonds is 12. The Morgan fingerprint density at radius 1 is 0.570 bits per heavy atom. The minimum atomic E-state index is -0.362. The highest BCUT2D eigenvalue weighted by atomic mass is 79.9. The van der Waals surface area contributed by atoms with Crippen LogP contribution in [0.2, 0.25) is 10.0 Å². The fraction of sp³-hybridized carbons (Fsp3) is 0.290. The largest absolute Gasteiger partial charge is 0.382 e. The van der Waals surface area contributed by atoms with Gasteiger partial charge in [-0.2, -0.15) is 0 Å². The van der Waals surface area contributed by atoms with E-state index in [1.165, 1.54) is 44.4 Å². The molecule has 0 radical (unpaired) electrons. The number of anilines is 1. The highest BCUT2D eigenvalue weighted by Crippen LogP contribution is 2.38. The summed E-state index contributed by atoms with van der Waals surface area (Å²) in [6, 6.07) is 38.2. The van der Waals surface area contributed by atoms with E-state index in [4.69, 9.17) is 38.9 Å². The smallest absolute Gasteiger partial charge is 0.137 e. The van der Waals surface area contributed by atoms with Gasteiger partial charge in [0.1, 0.15) is 34.3 Å². The zero-order chi connectivity index (χ0) is 55.2. The average molecular weight is 1170 g/mol. The second-order valence-electron chi connectivity index (χ2n) is 20.6. The molecule has 0 unspecified atom stereocenters. The molecule has 6 aromatic heterocycles. The van der Waals surface area contributed by atoms with Gasteiger partial charge in [0.05, 0.1) is 34.3 Å². The van der Waals surface area contributed by atoms with Crippen molar-refractivity contribution in [1.82, 2.24) is 48.3 Å². The van der Waals surface area contributed by atoms with Crippen LogP contribution in [0.15, 0.2) is 151 Å². The number of fused-ring (bicyclic) bond motifs is 4. The lowest BCUT2D eigenvalue weighted by molar-refractivity contribution is 0.111. The van der Waals surface area contributed by atoms with Crippen molar-refractivity contribution in [3.63, 3.8) is 0 Å². The van der Waals surface area contributed by atoms with Crippen molar-refractivity contribution in [3.8, 4) is 45.0 Å². The Kier molecular flexibility index (Phi) is 18.0. The Morgan fingerprint density at radius 2 is 1.05 bits per heavy atom. The first kappa shape index (κ1) is 55.9. The van der Waals surface area contributed by atoms with Crippen molar-refractivity contribution in [2.45, 2.75) is 39.8 Å². The van der Waals surface area contributed by atoms with Gasteiger partial charge in [0.2, 0.25) is 0 Å². The van der Waals surface area contributed by atoms with Crippen molar-refractivity contribution in [2.24, 2.45) is 5.73 Å². The standard InChI is InChI=1S/C31H32ClFN6.C22H12BrClFN3.C9H21N3/c1-21(2)38-15-13-37(14-16-38)12-10-34-25-18-23-17-22(6-9-28(23)35-20-25)31-30(26-19-24(32)7-8-27(26)33)36-29-5-3-4-11-39(29)31;23-15-10-14-9-13(4-7-19(14)26-12-15)22-21(17-11-16(24)5-6-18(17)25)27-20-3-1-2-8-28(20)22;1-9(2)12-7-5-11(4-3-10)6-8-12/h3-9,11,17-21,34H,10,12-16H2,1-2H3;1-12H;9H,3-8,10H2,1-2H3. The normalized spacial score (nSPS) is 14.8. The molecule has 8 heterocycles. The monoisotopic (exact) mass is 1160 g/mol. The molecule has 0 spiro atoms. The van der Waals surface area contributed by atoms with Gasteiger partial charge in [-0.15, -0.1) is 0 Å². The van der Waals surface area contributed by atoms with Crippen molar-refractivity contribution >= 4 is 77.9 Å². The van der Waals surface area contributed by atoms with Crippen LogP contribution in [0.3, 0.4) is 0 Å². The molecule has 0 bridgehead atoms. The number of nitrogens with one attached hydrogen (secondary N) is 1. The van der Waals surface area contributed by atoms with Gasteiger partial charge in [-0.3, -0.25) is 38.4 Å². The van der Waals surface area contributed by atoms with E-state index in [0.717, 1.165) is 118 Å². The maximum atomic E-state index is 15.0. The molecule has 2 aliphatic heterocycles. The number of nitrogens with zero attached hydrogens (tertiary/aromatic N) is 10. The zero-order valence-electron chi connectivity index (χ0n) is 44.9. The molecule has 0 atom stereocenters. The number of nitrogens with two attached hydrogens (primary N) is 1. The summed E-state index contributed by atoms with van der Waals surface area (Å²) in [7, 11) is 0. The molecule has 12 rings (SSSR count). The summed E-state index contributed by atoms with van der Waals surface area (Å²) in [5, 5.41) is 6.47. The molecule has 2 fully saturated rings. The van der Waals surface area contributed by atoms with Gasteiger partial charge < -0.3 is 11.1 Å². The molecule has 2 saturated heterocycles. The van der Waals surface area contributed by atoms with Crippen molar-refractivity contribution < 1.29 is 8.78 Å². The number of hydrogen-bond donors (Lipinski definition) is 2. The molecule has 408 valence electrons. The van der Waals surface area contributed by atoms with Crippen molar-refractivity contribution in [2.75, 3.05) is 83.9 Å². The summed E-state index contributed by atoms with van der Waals surface area (Å²) in [6.07, 6.45) is 7.53. The number of piperazine rings is 2. The number of benzene rings is 4. The van der Waals surface area contributed by atoms with E-state index in [1.54, 1.807) is 24.4 Å². The van der Waals surface area contributed by atoms with Gasteiger partial charge in [-0.1, -0.05) is 47.5 Å². The molecule has 79 heavy (non-hydrogen) atoms. The van der Waals surface area contributed by atoms with Gasteiger partial charge in [0.25, 0.3) is 0 Å². The predicted octanol–water partition coefficient (Wildman–Crippen LogP) is 13.2. The molecular weight excluding hydrogens is 1100 g/mol. The molecule has 10 aromatic rings. The van der Waals surface area contributed by atoms with Crippen LogP contribution in [0.25, 0.3) is 78.1 Å². The highest BCUT2D eigenvalue weighted by molar-refractivity contribution is 9.10. The second kappa shape index (κ2) is 25.4. The van der Waals surface area contributed by atoms with Crippen LogP contribution in [0.5, 0.6) is 0 Å². The first-order valence-corrected chi connectivity index (χ1v) is 28.5. The van der Waals surface area contributed by atoms with Gasteiger partial charge >= 0.3 is 0 Å². The summed E-state index contributed by atoms with van der Waals surface area (Å²) in [6.45, 7) is 22.0. The maximum Gasteiger partial charge on any atom is 0.137 e. The van der Waals surface area contributed by atoms with E-state index in [1.807, 2.05) is 100 Å². The molecular formula is C62H65BrCl2F2N12. The highest BCUT2D eigenvalue weighted by Gasteiger charge is 2.23. The molecule has 0 aliphatic carbocycles. The summed E-state index contributed by atoms with van der Waals surface area (Å²) in [5.74, 6) is -0.720. The molecule has 12 nitrogen and oxygen atoms in total. The maximum absolute atomic E-state index is 15.0. The third-order valence-corrected chi connectivity index (χ3v) is 15.7. The minimum Gasteiger partial charge on any atom is -0.382 e.